The van der Waals surface area contributed by atoms with Crippen LogP contribution >= 0.6 is 58.0 Å². The van der Waals surface area contributed by atoms with Gasteiger partial charge in [0.25, 0.3) is 0 Å². The minimum absolute atomic E-state index is 0.0134. The van der Waals surface area contributed by atoms with E-state index in [0.29, 0.717) is 100 Å². The lowest BCUT2D eigenvalue weighted by Crippen LogP contribution is -2.14. The van der Waals surface area contributed by atoms with Gasteiger partial charge in [0.15, 0.2) is 28.9 Å². The topological polar surface area (TPSA) is 201 Å². The van der Waals surface area contributed by atoms with E-state index in [-0.39, 0.29) is 72.9 Å². The lowest BCUT2D eigenvalue weighted by atomic mass is 9.87. The molecular formula is C95H105Cl5O14. The predicted octanol–water partition coefficient (Wildman–Crippen LogP) is 23.4. The molecular weight excluding hydrogens is 1540 g/mol. The van der Waals surface area contributed by atoms with Gasteiger partial charge in [-0.3, -0.25) is 24.0 Å². The van der Waals surface area contributed by atoms with Crippen LogP contribution in [0.2, 0.25) is 25.1 Å². The third-order valence-electron chi connectivity index (χ3n) is 18.1. The lowest BCUT2D eigenvalue weighted by Gasteiger charge is -2.18. The van der Waals surface area contributed by atoms with Gasteiger partial charge in [-0.15, -0.1) is 0 Å². The third kappa shape index (κ3) is 31.0. The van der Waals surface area contributed by atoms with Crippen molar-refractivity contribution in [2.45, 2.75) is 119 Å². The summed E-state index contributed by atoms with van der Waals surface area (Å²) in [5.41, 5.74) is 18.6. The maximum atomic E-state index is 12.5. The summed E-state index contributed by atoms with van der Waals surface area (Å²) in [5, 5.41) is 30.8. The van der Waals surface area contributed by atoms with Crippen LogP contribution in [0.3, 0.4) is 0 Å². The summed E-state index contributed by atoms with van der Waals surface area (Å²) in [7, 11) is 9.71. The maximum Gasteiger partial charge on any atom is 0.188 e. The number of aliphatic hydroxyl groups excluding tert-OH is 3. The Hall–Kier alpha value is -8.36. The number of methoxy groups -OCH3 is 6. The van der Waals surface area contributed by atoms with Crippen LogP contribution in [0.4, 0.5) is 0 Å². The molecule has 2 unspecified atom stereocenters. The van der Waals surface area contributed by atoms with Crippen molar-refractivity contribution >= 4 is 86.9 Å². The van der Waals surface area contributed by atoms with Gasteiger partial charge in [0.1, 0.15) is 6.61 Å². The Labute approximate surface area is 697 Å². The highest BCUT2D eigenvalue weighted by Crippen LogP contribution is 2.34. The van der Waals surface area contributed by atoms with Gasteiger partial charge in [-0.25, -0.2) is 0 Å². The van der Waals surface area contributed by atoms with E-state index in [1.807, 2.05) is 213 Å². The van der Waals surface area contributed by atoms with Crippen molar-refractivity contribution < 1.29 is 67.7 Å². The monoisotopic (exact) mass is 1640 g/mol. The number of benzene rings is 10. The van der Waals surface area contributed by atoms with Crippen LogP contribution in [0.15, 0.2) is 212 Å². The van der Waals surface area contributed by atoms with E-state index >= 15 is 0 Å². The molecule has 0 heterocycles. The first-order valence-electron chi connectivity index (χ1n) is 37.5. The zero-order valence-corrected chi connectivity index (χ0v) is 70.8. The molecule has 10 rings (SSSR count). The molecule has 0 spiro atoms. The minimum atomic E-state index is -0.860. The molecule has 114 heavy (non-hydrogen) atoms. The van der Waals surface area contributed by atoms with Crippen molar-refractivity contribution in [1.82, 2.24) is 0 Å². The molecule has 0 aliphatic rings. The number of ether oxygens (including phenoxy) is 6. The molecule has 0 aromatic heterocycles. The van der Waals surface area contributed by atoms with Gasteiger partial charge in [0, 0.05) is 128 Å². The first kappa shape index (κ1) is 94.5. The predicted molar refractivity (Wildman–Crippen MR) is 463 cm³/mol. The molecule has 3 N–H and O–H groups in total. The number of hydrogen-bond donors (Lipinski definition) is 3. The number of ketones is 5. The van der Waals surface area contributed by atoms with E-state index in [0.717, 1.165) is 101 Å². The van der Waals surface area contributed by atoms with Gasteiger partial charge >= 0.3 is 0 Å². The molecule has 0 bridgehead atoms. The summed E-state index contributed by atoms with van der Waals surface area (Å²) < 4.78 is 31.3. The molecule has 0 fully saturated rings. The van der Waals surface area contributed by atoms with Gasteiger partial charge in [0.2, 0.25) is 0 Å². The number of carbonyl (C=O) groups is 5. The molecule has 2 atom stereocenters. The fourth-order valence-corrected chi connectivity index (χ4v) is 12.8. The number of aliphatic hydroxyl groups is 3. The van der Waals surface area contributed by atoms with Crippen molar-refractivity contribution in [3.63, 3.8) is 0 Å². The summed E-state index contributed by atoms with van der Waals surface area (Å²) in [4.78, 5) is 61.3. The molecule has 0 aliphatic carbocycles. The Bertz CT molecular complexity index is 4690. The highest BCUT2D eigenvalue weighted by atomic mass is 35.5. The van der Waals surface area contributed by atoms with E-state index in [9.17, 15) is 29.1 Å². The summed E-state index contributed by atoms with van der Waals surface area (Å²) in [6.07, 6.45) is 1.94. The van der Waals surface area contributed by atoms with Gasteiger partial charge in [-0.2, -0.15) is 0 Å². The molecule has 0 aliphatic heterocycles. The molecule has 19 heteroatoms. The molecule has 10 aromatic rings. The van der Waals surface area contributed by atoms with Crippen molar-refractivity contribution in [1.29, 1.82) is 0 Å². The number of Topliss-reactive ketones (excluding diaryl/α,β-unsaturated/α-hetero) is 5. The van der Waals surface area contributed by atoms with E-state index in [1.54, 1.807) is 41.6 Å². The van der Waals surface area contributed by atoms with Gasteiger partial charge in [-0.1, -0.05) is 221 Å². The highest BCUT2D eigenvalue weighted by Gasteiger charge is 2.21. The van der Waals surface area contributed by atoms with Crippen LogP contribution in [-0.4, -0.2) is 113 Å². The zero-order chi connectivity index (χ0) is 83.4. The van der Waals surface area contributed by atoms with E-state index in [2.05, 4.69) is 34.6 Å². The molecule has 0 saturated carbocycles. The third-order valence-corrected chi connectivity index (χ3v) is 19.3. The van der Waals surface area contributed by atoms with E-state index in [4.69, 9.17) is 96.6 Å². The maximum absolute atomic E-state index is 12.5. The van der Waals surface area contributed by atoms with Gasteiger partial charge in [0.05, 0.1) is 45.7 Å². The fourth-order valence-electron chi connectivity index (χ4n) is 12.2. The van der Waals surface area contributed by atoms with Crippen molar-refractivity contribution in [3.8, 4) is 55.6 Å². The first-order chi connectivity index (χ1) is 54.5. The second-order valence-corrected chi connectivity index (χ2v) is 31.3. The van der Waals surface area contributed by atoms with Gasteiger partial charge < -0.3 is 43.7 Å². The molecule has 10 aromatic carbocycles. The fraction of sp³-hybridized carbons (Fsp3) is 0.316. The molecule has 0 amide bonds. The van der Waals surface area contributed by atoms with Gasteiger partial charge in [-0.05, 0) is 205 Å². The lowest BCUT2D eigenvalue weighted by molar-refractivity contribution is 0.0779. The molecule has 14 nitrogen and oxygen atoms in total. The summed E-state index contributed by atoms with van der Waals surface area (Å²) in [6.45, 7) is 14.3. The Balaban J connectivity index is 0.000000222. The van der Waals surface area contributed by atoms with E-state index < -0.39 is 6.10 Å². The normalized spacial score (nSPS) is 11.5. The largest absolute Gasteiger partial charge is 0.396 e. The minimum Gasteiger partial charge on any atom is -0.396 e. The van der Waals surface area contributed by atoms with Crippen molar-refractivity contribution in [2.75, 3.05) is 62.5 Å². The highest BCUT2D eigenvalue weighted by molar-refractivity contribution is 6.32. The number of carbonyl (C=O) groups excluding carboxylic acids is 5. The second kappa shape index (κ2) is 48.9. The average Bonchev–Trinajstić information content (AvgIpc) is 0.849. The number of rotatable bonds is 33. The Morgan fingerprint density at radius 2 is 0.588 bits per heavy atom. The first-order valence-corrected chi connectivity index (χ1v) is 39.4. The summed E-state index contributed by atoms with van der Waals surface area (Å²) >= 11 is 29.7. The SMILES string of the molecule is COCC(=O)c1ccc(-c2ccc(Cl)cc2)c(COC)c1.COCc1cc(C(=O)CC(C)(C)C)ccc1-c1ccc(Cl)cc1.COCc1cc(C(=O)CC(C)CO)ccc1-c1ccc(Cl)cc1.COCc1cc(C(=O)CCC(C)C)ccc1-c1ccc(Cl)cc1.COCc1cc(C(=O)CCC(O)CO)ccc1-c1ccc(Cl)cc1. The van der Waals surface area contributed by atoms with Crippen molar-refractivity contribution in [3.05, 3.63) is 293 Å². The Morgan fingerprint density at radius 1 is 0.333 bits per heavy atom. The summed E-state index contributed by atoms with van der Waals surface area (Å²) in [6, 6.07) is 66.5. The Kier molecular flexibility index (Phi) is 40.5. The van der Waals surface area contributed by atoms with Crippen LogP contribution < -0.4 is 0 Å². The van der Waals surface area contributed by atoms with E-state index in [1.165, 1.54) is 7.11 Å². The standard InChI is InChI=1S/2C20H23ClO2.C19H21ClO4.C19H21ClO3.C17H17ClO3/c1-20(2,3)12-19(22)15-7-10-18(16(11-15)13-23-4)14-5-8-17(21)9-6-14;1-14(2)4-11-20(22)16-7-10-19(17(12-16)13-23-3)15-5-8-18(21)9-6-15;1-24-12-15-10-14(19(23)9-7-17(22)11-21)4-8-18(15)13-2-5-16(20)6-3-13;1-13(11-21)9-19(22)15-5-8-18(16(10-15)12-23-2)14-3-6-17(20)7-4-14;1-20-10-14-9-13(17(19)11-21-2)5-8-16(14)12-3-6-15(18)7-4-12/h5-11H,12-13H2,1-4H3;5-10,12,14H,4,11,13H2,1-3H3;2-6,8,10,17,21-22H,7,9,11-12H2,1H3;3-8,10,13,21H,9,11-12H2,1-2H3;3-9H,10-11H2,1-2H3. The quantitative estimate of drug-likeness (QED) is 0.0328. The number of hydrogen-bond acceptors (Lipinski definition) is 14. The van der Waals surface area contributed by atoms with Crippen molar-refractivity contribution in [2.24, 2.45) is 17.3 Å². The van der Waals surface area contributed by atoms with Crippen LogP contribution in [0.25, 0.3) is 55.6 Å². The molecule has 604 valence electrons. The average molecular weight is 1650 g/mol. The second-order valence-electron chi connectivity index (χ2n) is 29.1. The zero-order valence-electron chi connectivity index (χ0n) is 67.1. The molecule has 0 radical (unpaired) electrons. The van der Waals surface area contributed by atoms with Crippen LogP contribution in [0.5, 0.6) is 0 Å². The molecule has 0 saturated heterocycles. The van der Waals surface area contributed by atoms with Crippen LogP contribution in [-0.2, 0) is 61.5 Å². The van der Waals surface area contributed by atoms with Crippen LogP contribution in [0.1, 0.15) is 160 Å². The smallest absolute Gasteiger partial charge is 0.188 e. The summed E-state index contributed by atoms with van der Waals surface area (Å²) in [5.74, 6) is 0.776. The Morgan fingerprint density at radius 3 is 0.825 bits per heavy atom. The van der Waals surface area contributed by atoms with Crippen LogP contribution in [0, 0.1) is 17.3 Å². The number of halogens is 5.